The Balaban J connectivity index is 1.91. The van der Waals surface area contributed by atoms with Gasteiger partial charge in [-0.1, -0.05) is 19.3 Å². The molecule has 2 fully saturated rings. The molecule has 0 radical (unpaired) electrons. The van der Waals surface area contributed by atoms with Gasteiger partial charge in [0.05, 0.1) is 0 Å². The summed E-state index contributed by atoms with van der Waals surface area (Å²) < 4.78 is 5.53. The Bertz CT molecular complexity index is 256. The van der Waals surface area contributed by atoms with E-state index in [1.165, 1.54) is 19.3 Å². The van der Waals surface area contributed by atoms with Gasteiger partial charge in [-0.15, -0.1) is 0 Å². The van der Waals surface area contributed by atoms with Gasteiger partial charge in [-0.2, -0.15) is 0 Å². The summed E-state index contributed by atoms with van der Waals surface area (Å²) in [5.74, 6) is 0.105. The van der Waals surface area contributed by atoms with E-state index in [9.17, 15) is 4.79 Å². The fourth-order valence-corrected chi connectivity index (χ4v) is 2.92. The van der Waals surface area contributed by atoms with Crippen LogP contribution in [-0.2, 0) is 9.53 Å². The van der Waals surface area contributed by atoms with E-state index in [1.54, 1.807) is 7.11 Å². The Morgan fingerprint density at radius 3 is 2.47 bits per heavy atom. The molecule has 2 N–H and O–H groups in total. The van der Waals surface area contributed by atoms with Crippen LogP contribution in [0.2, 0.25) is 0 Å². The van der Waals surface area contributed by atoms with Gasteiger partial charge in [0.25, 0.3) is 5.91 Å². The lowest BCUT2D eigenvalue weighted by Gasteiger charge is -2.36. The Labute approximate surface area is 103 Å². The predicted octanol–water partition coefficient (Wildman–Crippen LogP) is 1.20. The van der Waals surface area contributed by atoms with Crippen LogP contribution in [0.5, 0.6) is 0 Å². The smallest absolute Gasteiger partial charge is 0.252 e. The Morgan fingerprint density at radius 1 is 1.24 bits per heavy atom. The summed E-state index contributed by atoms with van der Waals surface area (Å²) in [6.45, 7) is 1.73. The molecule has 0 bridgehead atoms. The Hall–Kier alpha value is -0.610. The number of hydrogen-bond donors (Lipinski definition) is 2. The number of carbonyl (C=O) groups excluding carboxylic acids is 1. The summed E-state index contributed by atoms with van der Waals surface area (Å²) in [5.41, 5.74) is -0.581. The normalized spacial score (nSPS) is 25.5. The molecule has 0 aromatic rings. The lowest BCUT2D eigenvalue weighted by atomic mass is 9.89. The van der Waals surface area contributed by atoms with Gasteiger partial charge < -0.3 is 15.4 Å². The van der Waals surface area contributed by atoms with Crippen LogP contribution < -0.4 is 10.6 Å². The van der Waals surface area contributed by atoms with Gasteiger partial charge in [0.2, 0.25) is 0 Å². The summed E-state index contributed by atoms with van der Waals surface area (Å²) in [7, 11) is 1.66. The van der Waals surface area contributed by atoms with E-state index in [4.69, 9.17) is 4.74 Å². The molecule has 4 heteroatoms. The first kappa shape index (κ1) is 12.8. The minimum Gasteiger partial charge on any atom is -0.368 e. The molecule has 1 saturated carbocycles. The zero-order valence-corrected chi connectivity index (χ0v) is 10.8. The van der Waals surface area contributed by atoms with Gasteiger partial charge in [0.15, 0.2) is 0 Å². The summed E-state index contributed by atoms with van der Waals surface area (Å²) in [5, 5.41) is 6.46. The molecule has 4 nitrogen and oxygen atoms in total. The van der Waals surface area contributed by atoms with Crippen molar-refractivity contribution in [1.82, 2.24) is 10.6 Å². The van der Waals surface area contributed by atoms with Crippen LogP contribution in [0.1, 0.15) is 44.9 Å². The molecule has 1 aliphatic heterocycles. The molecule has 1 heterocycles. The average molecular weight is 240 g/mol. The maximum absolute atomic E-state index is 12.4. The molecular formula is C13H24N2O2. The number of carbonyl (C=O) groups is 1. The van der Waals surface area contributed by atoms with Gasteiger partial charge >= 0.3 is 0 Å². The lowest BCUT2D eigenvalue weighted by molar-refractivity contribution is -0.147. The van der Waals surface area contributed by atoms with Crippen molar-refractivity contribution in [1.29, 1.82) is 0 Å². The average Bonchev–Trinajstić information content (AvgIpc) is 2.40. The van der Waals surface area contributed by atoms with E-state index in [1.807, 2.05) is 0 Å². The van der Waals surface area contributed by atoms with E-state index in [-0.39, 0.29) is 5.91 Å². The second-order valence-electron chi connectivity index (χ2n) is 5.26. The molecule has 0 atom stereocenters. The number of nitrogens with one attached hydrogen (secondary N) is 2. The van der Waals surface area contributed by atoms with Crippen LogP contribution in [-0.4, -0.2) is 37.7 Å². The minimum atomic E-state index is -0.581. The maximum Gasteiger partial charge on any atom is 0.252 e. The monoisotopic (exact) mass is 240 g/mol. The lowest BCUT2D eigenvalue weighted by Crippen LogP contribution is -2.56. The van der Waals surface area contributed by atoms with Crippen molar-refractivity contribution in [2.75, 3.05) is 20.2 Å². The predicted molar refractivity (Wildman–Crippen MR) is 66.9 cm³/mol. The van der Waals surface area contributed by atoms with Crippen molar-refractivity contribution >= 4 is 5.91 Å². The molecule has 0 spiro atoms. The molecule has 0 aromatic carbocycles. The highest BCUT2D eigenvalue weighted by molar-refractivity contribution is 5.85. The zero-order chi connectivity index (χ0) is 12.1. The van der Waals surface area contributed by atoms with Gasteiger partial charge in [0.1, 0.15) is 5.60 Å². The third-order valence-corrected chi connectivity index (χ3v) is 4.16. The van der Waals surface area contributed by atoms with Crippen LogP contribution in [0.3, 0.4) is 0 Å². The first-order valence-electron chi connectivity index (χ1n) is 6.84. The summed E-state index contributed by atoms with van der Waals surface area (Å²) in [4.78, 5) is 12.4. The third kappa shape index (κ3) is 2.99. The van der Waals surface area contributed by atoms with Crippen LogP contribution in [0.25, 0.3) is 0 Å². The molecule has 0 unspecified atom stereocenters. The second-order valence-corrected chi connectivity index (χ2v) is 5.26. The standard InChI is InChI=1S/C13H24N2O2/c1-17-13(7-9-14-10-8-13)12(16)15-11-5-3-2-4-6-11/h11,14H,2-10H2,1H3,(H,15,16). The zero-order valence-electron chi connectivity index (χ0n) is 10.8. The molecule has 1 aliphatic carbocycles. The van der Waals surface area contributed by atoms with Crippen molar-refractivity contribution in [2.24, 2.45) is 0 Å². The highest BCUT2D eigenvalue weighted by atomic mass is 16.5. The Kier molecular flexibility index (Phi) is 4.40. The van der Waals surface area contributed by atoms with Crippen molar-refractivity contribution in [3.05, 3.63) is 0 Å². The summed E-state index contributed by atoms with van der Waals surface area (Å²) >= 11 is 0. The van der Waals surface area contributed by atoms with Gasteiger partial charge in [-0.05, 0) is 38.8 Å². The van der Waals surface area contributed by atoms with Gasteiger partial charge in [-0.3, -0.25) is 4.79 Å². The maximum atomic E-state index is 12.4. The Morgan fingerprint density at radius 2 is 1.88 bits per heavy atom. The van der Waals surface area contributed by atoms with E-state index < -0.39 is 5.60 Å². The van der Waals surface area contributed by atoms with Gasteiger partial charge in [-0.25, -0.2) is 0 Å². The van der Waals surface area contributed by atoms with Crippen molar-refractivity contribution in [3.8, 4) is 0 Å². The number of amides is 1. The van der Waals surface area contributed by atoms with Crippen LogP contribution >= 0.6 is 0 Å². The van der Waals surface area contributed by atoms with Crippen molar-refractivity contribution in [2.45, 2.75) is 56.6 Å². The van der Waals surface area contributed by atoms with E-state index in [0.717, 1.165) is 38.8 Å². The molecule has 1 amide bonds. The molecule has 2 aliphatic rings. The summed E-state index contributed by atoms with van der Waals surface area (Å²) in [6, 6.07) is 0.373. The van der Waals surface area contributed by atoms with Crippen LogP contribution in [0.4, 0.5) is 0 Å². The van der Waals surface area contributed by atoms with Crippen LogP contribution in [0, 0.1) is 0 Å². The van der Waals surface area contributed by atoms with Crippen molar-refractivity contribution in [3.63, 3.8) is 0 Å². The number of ether oxygens (including phenoxy) is 1. The highest BCUT2D eigenvalue weighted by Crippen LogP contribution is 2.24. The molecule has 2 rings (SSSR count). The number of piperidine rings is 1. The number of rotatable bonds is 3. The number of hydrogen-bond acceptors (Lipinski definition) is 3. The topological polar surface area (TPSA) is 50.4 Å². The third-order valence-electron chi connectivity index (χ3n) is 4.16. The molecule has 1 saturated heterocycles. The molecule has 17 heavy (non-hydrogen) atoms. The molecule has 0 aromatic heterocycles. The van der Waals surface area contributed by atoms with Gasteiger partial charge in [0, 0.05) is 13.2 Å². The van der Waals surface area contributed by atoms with E-state index in [0.29, 0.717) is 6.04 Å². The highest BCUT2D eigenvalue weighted by Gasteiger charge is 2.40. The SMILES string of the molecule is COC1(C(=O)NC2CCCCC2)CCNCC1. The minimum absolute atomic E-state index is 0.105. The van der Waals surface area contributed by atoms with E-state index >= 15 is 0 Å². The van der Waals surface area contributed by atoms with E-state index in [2.05, 4.69) is 10.6 Å². The summed E-state index contributed by atoms with van der Waals surface area (Å²) in [6.07, 6.45) is 7.61. The fourth-order valence-electron chi connectivity index (χ4n) is 2.92. The first-order valence-corrected chi connectivity index (χ1v) is 6.84. The largest absolute Gasteiger partial charge is 0.368 e. The van der Waals surface area contributed by atoms with Crippen molar-refractivity contribution < 1.29 is 9.53 Å². The second kappa shape index (κ2) is 5.83. The molecular weight excluding hydrogens is 216 g/mol. The fraction of sp³-hybridized carbons (Fsp3) is 0.923. The first-order chi connectivity index (χ1) is 8.27. The van der Waals surface area contributed by atoms with Crippen LogP contribution in [0.15, 0.2) is 0 Å². The quantitative estimate of drug-likeness (QED) is 0.779. The molecule has 98 valence electrons. The number of methoxy groups -OCH3 is 1.